The van der Waals surface area contributed by atoms with Crippen molar-refractivity contribution >= 4 is 35.0 Å². The highest BCUT2D eigenvalue weighted by molar-refractivity contribution is 6.37. The first-order valence-corrected chi connectivity index (χ1v) is 11.0. The van der Waals surface area contributed by atoms with Crippen LogP contribution in [0, 0.1) is 5.92 Å². The predicted octanol–water partition coefficient (Wildman–Crippen LogP) is 3.41. The first-order chi connectivity index (χ1) is 14.4. The molecule has 6 nitrogen and oxygen atoms in total. The molecule has 0 radical (unpaired) electrons. The summed E-state index contributed by atoms with van der Waals surface area (Å²) >= 11 is 12.7. The van der Waals surface area contributed by atoms with E-state index in [4.69, 9.17) is 23.2 Å². The van der Waals surface area contributed by atoms with E-state index in [-0.39, 0.29) is 11.8 Å². The molecule has 0 bridgehead atoms. The number of carbonyl (C=O) groups excluding carboxylic acids is 2. The van der Waals surface area contributed by atoms with Crippen molar-refractivity contribution in [1.82, 2.24) is 19.3 Å². The molecule has 1 aromatic heterocycles. The fourth-order valence-electron chi connectivity index (χ4n) is 4.59. The highest BCUT2D eigenvalue weighted by Crippen LogP contribution is 2.31. The van der Waals surface area contributed by atoms with Crippen LogP contribution in [0.5, 0.6) is 0 Å². The zero-order valence-electron chi connectivity index (χ0n) is 17.2. The van der Waals surface area contributed by atoms with Gasteiger partial charge in [-0.3, -0.25) is 14.5 Å². The fraction of sp³-hybridized carbons (Fsp3) is 0.455. The zero-order chi connectivity index (χ0) is 21.4. The van der Waals surface area contributed by atoms with Crippen molar-refractivity contribution in [3.63, 3.8) is 0 Å². The van der Waals surface area contributed by atoms with Crippen LogP contribution in [-0.4, -0.2) is 76.4 Å². The zero-order valence-corrected chi connectivity index (χ0v) is 18.7. The van der Waals surface area contributed by atoms with Gasteiger partial charge in [0, 0.05) is 58.4 Å². The van der Waals surface area contributed by atoms with Gasteiger partial charge in [0.2, 0.25) is 5.91 Å². The van der Waals surface area contributed by atoms with Gasteiger partial charge in [0.15, 0.2) is 0 Å². The van der Waals surface area contributed by atoms with E-state index in [0.29, 0.717) is 46.5 Å². The van der Waals surface area contributed by atoms with E-state index in [2.05, 4.69) is 11.8 Å². The van der Waals surface area contributed by atoms with E-state index < -0.39 is 0 Å². The van der Waals surface area contributed by atoms with Crippen molar-refractivity contribution < 1.29 is 9.59 Å². The fourth-order valence-corrected chi connectivity index (χ4v) is 5.17. The highest BCUT2D eigenvalue weighted by atomic mass is 35.5. The quantitative estimate of drug-likeness (QED) is 0.722. The molecule has 2 atom stereocenters. The molecule has 0 saturated carbocycles. The van der Waals surface area contributed by atoms with Crippen LogP contribution >= 0.6 is 23.2 Å². The van der Waals surface area contributed by atoms with Crippen molar-refractivity contribution in [2.45, 2.75) is 19.9 Å². The van der Waals surface area contributed by atoms with Crippen LogP contribution in [0.4, 0.5) is 0 Å². The standard InChI is InChI=1S/C22H26Cl2N4O2/c1-15-13-27(14-20(15)26-11-9-25(10-12-26)16(2)29)22(30)19-7-4-8-28(19)21-17(23)5-3-6-18(21)24/h3-8,15,20H,9-14H2,1-2H3. The second kappa shape index (κ2) is 8.61. The molecule has 2 aliphatic rings. The van der Waals surface area contributed by atoms with Crippen LogP contribution < -0.4 is 0 Å². The number of halogens is 2. The van der Waals surface area contributed by atoms with Crippen molar-refractivity contribution in [3.05, 3.63) is 52.3 Å². The summed E-state index contributed by atoms with van der Waals surface area (Å²) in [5.41, 5.74) is 1.18. The van der Waals surface area contributed by atoms with Crippen LogP contribution in [0.2, 0.25) is 10.0 Å². The van der Waals surface area contributed by atoms with Gasteiger partial charge in [-0.05, 0) is 30.2 Å². The van der Waals surface area contributed by atoms with E-state index in [1.165, 1.54) is 0 Å². The summed E-state index contributed by atoms with van der Waals surface area (Å²) in [6, 6.07) is 9.28. The molecule has 0 N–H and O–H groups in total. The first-order valence-electron chi connectivity index (χ1n) is 10.3. The third kappa shape index (κ3) is 3.96. The van der Waals surface area contributed by atoms with Gasteiger partial charge in [-0.25, -0.2) is 0 Å². The molecule has 2 unspecified atom stereocenters. The van der Waals surface area contributed by atoms with E-state index >= 15 is 0 Å². The molecule has 0 spiro atoms. The molecule has 2 saturated heterocycles. The minimum Gasteiger partial charge on any atom is -0.340 e. The molecule has 2 aliphatic heterocycles. The number of hydrogen-bond acceptors (Lipinski definition) is 3. The third-order valence-electron chi connectivity index (χ3n) is 6.23. The van der Waals surface area contributed by atoms with Gasteiger partial charge in [0.1, 0.15) is 5.69 Å². The van der Waals surface area contributed by atoms with Crippen LogP contribution in [0.15, 0.2) is 36.5 Å². The Kier molecular flexibility index (Phi) is 6.09. The summed E-state index contributed by atoms with van der Waals surface area (Å²) in [6.07, 6.45) is 1.82. The molecule has 160 valence electrons. The number of likely N-dealkylation sites (tertiary alicyclic amines) is 1. The lowest BCUT2D eigenvalue weighted by molar-refractivity contribution is -0.130. The molecule has 2 amide bonds. The molecule has 4 rings (SSSR count). The van der Waals surface area contributed by atoms with Crippen molar-refractivity contribution in [1.29, 1.82) is 0 Å². The minimum absolute atomic E-state index is 0.0206. The van der Waals surface area contributed by atoms with E-state index in [0.717, 1.165) is 26.2 Å². The molecule has 0 aliphatic carbocycles. The van der Waals surface area contributed by atoms with Gasteiger partial charge in [-0.2, -0.15) is 0 Å². The van der Waals surface area contributed by atoms with Crippen LogP contribution in [-0.2, 0) is 4.79 Å². The second-order valence-electron chi connectivity index (χ2n) is 8.13. The molecule has 8 heteroatoms. The van der Waals surface area contributed by atoms with Crippen molar-refractivity contribution in [2.24, 2.45) is 5.92 Å². The molecule has 1 aromatic carbocycles. The van der Waals surface area contributed by atoms with E-state index in [1.54, 1.807) is 29.7 Å². The summed E-state index contributed by atoms with van der Waals surface area (Å²) in [6.45, 7) is 8.40. The van der Waals surface area contributed by atoms with Crippen LogP contribution in [0.25, 0.3) is 5.69 Å². The second-order valence-corrected chi connectivity index (χ2v) is 8.94. The van der Waals surface area contributed by atoms with E-state index in [9.17, 15) is 9.59 Å². The highest BCUT2D eigenvalue weighted by Gasteiger charge is 2.38. The number of hydrogen-bond donors (Lipinski definition) is 0. The SMILES string of the molecule is CC(=O)N1CCN(C2CN(C(=O)c3cccn3-c3c(Cl)cccc3Cl)CC2C)CC1. The minimum atomic E-state index is -0.0206. The Hall–Kier alpha value is -2.02. The summed E-state index contributed by atoms with van der Waals surface area (Å²) in [7, 11) is 0. The summed E-state index contributed by atoms with van der Waals surface area (Å²) in [4.78, 5) is 31.2. The topological polar surface area (TPSA) is 48.8 Å². The number of nitrogens with zero attached hydrogens (tertiary/aromatic N) is 4. The normalized spacial score (nSPS) is 22.5. The lowest BCUT2D eigenvalue weighted by Crippen LogP contribution is -2.53. The summed E-state index contributed by atoms with van der Waals surface area (Å²) in [5, 5.41) is 1.01. The lowest BCUT2D eigenvalue weighted by Gasteiger charge is -2.38. The average molecular weight is 449 g/mol. The number of aromatic nitrogens is 1. The summed E-state index contributed by atoms with van der Waals surface area (Å²) in [5.74, 6) is 0.475. The molecule has 2 aromatic rings. The Balaban J connectivity index is 1.50. The first kappa shape index (κ1) is 21.2. The largest absolute Gasteiger partial charge is 0.340 e. The predicted molar refractivity (Wildman–Crippen MR) is 118 cm³/mol. The summed E-state index contributed by atoms with van der Waals surface area (Å²) < 4.78 is 1.77. The Morgan fingerprint density at radius 1 is 0.933 bits per heavy atom. The lowest BCUT2D eigenvalue weighted by atomic mass is 10.0. The Morgan fingerprint density at radius 3 is 2.23 bits per heavy atom. The van der Waals surface area contributed by atoms with Gasteiger partial charge in [-0.1, -0.05) is 36.2 Å². The maximum Gasteiger partial charge on any atom is 0.270 e. The van der Waals surface area contributed by atoms with Gasteiger partial charge >= 0.3 is 0 Å². The molecule has 30 heavy (non-hydrogen) atoms. The number of para-hydroxylation sites is 1. The number of carbonyl (C=O) groups is 2. The van der Waals surface area contributed by atoms with Gasteiger partial charge < -0.3 is 14.4 Å². The maximum atomic E-state index is 13.4. The number of amides is 2. The number of piperazine rings is 1. The smallest absolute Gasteiger partial charge is 0.270 e. The van der Waals surface area contributed by atoms with Gasteiger partial charge in [0.25, 0.3) is 5.91 Å². The maximum absolute atomic E-state index is 13.4. The monoisotopic (exact) mass is 448 g/mol. The Labute approximate surface area is 186 Å². The van der Waals surface area contributed by atoms with Gasteiger partial charge in [-0.15, -0.1) is 0 Å². The number of rotatable bonds is 3. The third-order valence-corrected chi connectivity index (χ3v) is 6.84. The van der Waals surface area contributed by atoms with Crippen molar-refractivity contribution in [2.75, 3.05) is 39.3 Å². The van der Waals surface area contributed by atoms with Crippen LogP contribution in [0.1, 0.15) is 24.3 Å². The van der Waals surface area contributed by atoms with Crippen LogP contribution in [0.3, 0.4) is 0 Å². The van der Waals surface area contributed by atoms with Gasteiger partial charge in [0.05, 0.1) is 15.7 Å². The average Bonchev–Trinajstić information content (AvgIpc) is 3.34. The number of benzene rings is 1. The Bertz CT molecular complexity index is 932. The molecular formula is C22H26Cl2N4O2. The van der Waals surface area contributed by atoms with E-state index in [1.807, 2.05) is 28.1 Å². The Morgan fingerprint density at radius 2 is 1.60 bits per heavy atom. The van der Waals surface area contributed by atoms with Crippen molar-refractivity contribution in [3.8, 4) is 5.69 Å². The molecular weight excluding hydrogens is 423 g/mol. The molecule has 3 heterocycles. The molecule has 2 fully saturated rings.